The molecule has 0 aromatic heterocycles. The molecule has 2 atom stereocenters. The lowest BCUT2D eigenvalue weighted by molar-refractivity contribution is -0.150. The molecule has 40 heavy (non-hydrogen) atoms. The molecule has 3 N–H and O–H groups in total. The maximum atomic E-state index is 13.4. The summed E-state index contributed by atoms with van der Waals surface area (Å²) in [6, 6.07) is 25.2. The highest BCUT2D eigenvalue weighted by Crippen LogP contribution is 2.09. The van der Waals surface area contributed by atoms with Crippen molar-refractivity contribution < 1.29 is 28.7 Å². The molecule has 9 nitrogen and oxygen atoms in total. The van der Waals surface area contributed by atoms with Crippen LogP contribution in [0.15, 0.2) is 91.0 Å². The first kappa shape index (κ1) is 30.0. The molecule has 0 radical (unpaired) electrons. The molecule has 0 bridgehead atoms. The van der Waals surface area contributed by atoms with Gasteiger partial charge in [0.1, 0.15) is 25.3 Å². The summed E-state index contributed by atoms with van der Waals surface area (Å²) in [6.07, 6.45) is -0.246. The van der Waals surface area contributed by atoms with Crippen molar-refractivity contribution in [3.8, 4) is 0 Å². The van der Waals surface area contributed by atoms with Gasteiger partial charge in [-0.25, -0.2) is 4.79 Å². The van der Waals surface area contributed by atoms with Crippen LogP contribution in [0.4, 0.5) is 0 Å². The Bertz CT molecular complexity index is 1220. The average Bonchev–Trinajstić information content (AvgIpc) is 2.98. The normalized spacial score (nSPS) is 12.0. The topological polar surface area (TPSA) is 123 Å². The highest BCUT2D eigenvalue weighted by atomic mass is 16.5. The van der Waals surface area contributed by atoms with Crippen molar-refractivity contribution in [2.75, 3.05) is 13.1 Å². The van der Waals surface area contributed by atoms with E-state index in [1.165, 1.54) is 0 Å². The van der Waals surface area contributed by atoms with E-state index in [1.807, 2.05) is 97.9 Å². The quantitative estimate of drug-likeness (QED) is 0.251. The Labute approximate surface area is 234 Å². The van der Waals surface area contributed by atoms with Gasteiger partial charge >= 0.3 is 11.9 Å². The Kier molecular flexibility index (Phi) is 12.4. The lowest BCUT2D eigenvalue weighted by Crippen LogP contribution is -2.54. The minimum Gasteiger partial charge on any atom is -0.461 e. The zero-order valence-electron chi connectivity index (χ0n) is 22.5. The van der Waals surface area contributed by atoms with Crippen molar-refractivity contribution >= 4 is 23.8 Å². The minimum atomic E-state index is -1.25. The second-order valence-electron chi connectivity index (χ2n) is 9.10. The highest BCUT2D eigenvalue weighted by Gasteiger charge is 2.30. The first-order valence-electron chi connectivity index (χ1n) is 13.2. The molecule has 210 valence electrons. The Morgan fingerprint density at radius 2 is 1.20 bits per heavy atom. The number of hydrogen-bond acceptors (Lipinski definition) is 7. The van der Waals surface area contributed by atoms with Crippen LogP contribution in [0.1, 0.15) is 30.0 Å². The van der Waals surface area contributed by atoms with Crippen molar-refractivity contribution in [1.82, 2.24) is 16.0 Å². The summed E-state index contributed by atoms with van der Waals surface area (Å²) in [5.41, 5.74) is 2.40. The SMILES string of the molecule is CCNCC(=O)N[C@@H](CC(=O)OCc1ccccc1)C(=O)N[C@@H](Cc1ccccc1)C(=O)OCc1ccccc1. The second kappa shape index (κ2) is 16.5. The fourth-order valence-corrected chi connectivity index (χ4v) is 3.80. The van der Waals surface area contributed by atoms with Crippen molar-refractivity contribution in [2.45, 2.75) is 45.1 Å². The smallest absolute Gasteiger partial charge is 0.329 e. The van der Waals surface area contributed by atoms with Gasteiger partial charge in [0.25, 0.3) is 0 Å². The summed E-state index contributed by atoms with van der Waals surface area (Å²) in [5.74, 6) is -2.47. The summed E-state index contributed by atoms with van der Waals surface area (Å²) in [7, 11) is 0. The lowest BCUT2D eigenvalue weighted by atomic mass is 10.0. The molecule has 0 fully saturated rings. The molecule has 3 aromatic carbocycles. The number of nitrogens with one attached hydrogen (secondary N) is 3. The van der Waals surface area contributed by atoms with Gasteiger partial charge in [0, 0.05) is 6.42 Å². The van der Waals surface area contributed by atoms with E-state index < -0.39 is 42.3 Å². The first-order chi connectivity index (χ1) is 19.4. The Balaban J connectivity index is 1.71. The Morgan fingerprint density at radius 1 is 0.675 bits per heavy atom. The molecule has 0 saturated carbocycles. The van der Waals surface area contributed by atoms with E-state index >= 15 is 0 Å². The molecule has 3 aromatic rings. The summed E-state index contributed by atoms with van der Waals surface area (Å²) < 4.78 is 10.8. The second-order valence-corrected chi connectivity index (χ2v) is 9.10. The zero-order valence-corrected chi connectivity index (χ0v) is 22.5. The van der Waals surface area contributed by atoms with Gasteiger partial charge in [-0.3, -0.25) is 14.4 Å². The van der Waals surface area contributed by atoms with Gasteiger partial charge < -0.3 is 25.4 Å². The molecule has 0 heterocycles. The van der Waals surface area contributed by atoms with Crippen LogP contribution in [0.3, 0.4) is 0 Å². The summed E-state index contributed by atoms with van der Waals surface area (Å²) in [6.45, 7) is 2.42. The van der Waals surface area contributed by atoms with E-state index in [0.717, 1.165) is 16.7 Å². The molecule has 2 amide bonds. The number of ether oxygens (including phenoxy) is 2. The number of likely N-dealkylation sites (N-methyl/N-ethyl adjacent to an activating group) is 1. The third kappa shape index (κ3) is 10.7. The number of rotatable bonds is 15. The lowest BCUT2D eigenvalue weighted by Gasteiger charge is -2.23. The van der Waals surface area contributed by atoms with Crippen molar-refractivity contribution in [1.29, 1.82) is 0 Å². The predicted octanol–water partition coefficient (Wildman–Crippen LogP) is 2.69. The summed E-state index contributed by atoms with van der Waals surface area (Å²) in [5, 5.41) is 8.15. The Morgan fingerprint density at radius 3 is 1.75 bits per heavy atom. The molecule has 0 unspecified atom stereocenters. The van der Waals surface area contributed by atoms with Crippen LogP contribution in [0.25, 0.3) is 0 Å². The van der Waals surface area contributed by atoms with Crippen molar-refractivity contribution in [3.05, 3.63) is 108 Å². The van der Waals surface area contributed by atoms with Gasteiger partial charge in [-0.1, -0.05) is 97.9 Å². The largest absolute Gasteiger partial charge is 0.461 e. The maximum absolute atomic E-state index is 13.4. The Hall–Kier alpha value is -4.50. The van der Waals surface area contributed by atoms with E-state index in [1.54, 1.807) is 0 Å². The molecule has 3 rings (SSSR count). The molecule has 0 saturated heterocycles. The first-order valence-corrected chi connectivity index (χ1v) is 13.2. The van der Waals surface area contributed by atoms with Crippen LogP contribution in [0, 0.1) is 0 Å². The fraction of sp³-hybridized carbons (Fsp3) is 0.290. The van der Waals surface area contributed by atoms with Crippen LogP contribution in [0.5, 0.6) is 0 Å². The van der Waals surface area contributed by atoms with E-state index in [4.69, 9.17) is 9.47 Å². The summed E-state index contributed by atoms with van der Waals surface area (Å²) in [4.78, 5) is 51.6. The van der Waals surface area contributed by atoms with Crippen molar-refractivity contribution in [2.24, 2.45) is 0 Å². The standard InChI is InChI=1S/C31H35N3O6/c1-2-32-20-28(35)33-26(19-29(36)39-21-24-14-8-4-9-15-24)30(37)34-27(18-23-12-6-3-7-13-23)31(38)40-22-25-16-10-5-11-17-25/h3-17,26-27,32H,2,18-22H2,1H3,(H,33,35)(H,34,37)/t26-,27-/m0/s1. The third-order valence-electron chi connectivity index (χ3n) is 5.91. The molecule has 0 spiro atoms. The van der Waals surface area contributed by atoms with Gasteiger partial charge in [-0.05, 0) is 23.2 Å². The molecule has 0 aliphatic rings. The maximum Gasteiger partial charge on any atom is 0.329 e. The van der Waals surface area contributed by atoms with Crippen LogP contribution < -0.4 is 16.0 Å². The van der Waals surface area contributed by atoms with Gasteiger partial charge in [-0.15, -0.1) is 0 Å². The third-order valence-corrected chi connectivity index (χ3v) is 5.91. The van der Waals surface area contributed by atoms with Gasteiger partial charge in [0.15, 0.2) is 0 Å². The van der Waals surface area contributed by atoms with Gasteiger partial charge in [0.2, 0.25) is 11.8 Å². The van der Waals surface area contributed by atoms with E-state index in [9.17, 15) is 19.2 Å². The number of carbonyl (C=O) groups is 4. The highest BCUT2D eigenvalue weighted by molar-refractivity contribution is 5.93. The minimum absolute atomic E-state index is 0.0296. The van der Waals surface area contributed by atoms with Crippen LogP contribution in [-0.2, 0) is 48.3 Å². The van der Waals surface area contributed by atoms with Gasteiger partial charge in [-0.2, -0.15) is 0 Å². The zero-order chi connectivity index (χ0) is 28.6. The number of esters is 2. The fourth-order valence-electron chi connectivity index (χ4n) is 3.80. The van der Waals surface area contributed by atoms with E-state index in [0.29, 0.717) is 6.54 Å². The molecule has 0 aliphatic carbocycles. The average molecular weight is 546 g/mol. The predicted molar refractivity (Wildman–Crippen MR) is 150 cm³/mol. The molecular weight excluding hydrogens is 510 g/mol. The van der Waals surface area contributed by atoms with Crippen LogP contribution in [-0.4, -0.2) is 48.9 Å². The molecule has 0 aliphatic heterocycles. The number of hydrogen-bond donors (Lipinski definition) is 3. The van der Waals surface area contributed by atoms with E-state index in [2.05, 4.69) is 16.0 Å². The van der Waals surface area contributed by atoms with Crippen LogP contribution in [0.2, 0.25) is 0 Å². The number of carbonyl (C=O) groups excluding carboxylic acids is 4. The summed E-state index contributed by atoms with van der Waals surface area (Å²) >= 11 is 0. The monoisotopic (exact) mass is 545 g/mol. The van der Waals surface area contributed by atoms with Crippen molar-refractivity contribution in [3.63, 3.8) is 0 Å². The number of benzene rings is 3. The number of amides is 2. The molecule has 9 heteroatoms. The van der Waals surface area contributed by atoms with E-state index in [-0.39, 0.29) is 26.2 Å². The van der Waals surface area contributed by atoms with Gasteiger partial charge in [0.05, 0.1) is 13.0 Å². The van der Waals surface area contributed by atoms with Crippen LogP contribution >= 0.6 is 0 Å². The molecular formula is C31H35N3O6.